The zero-order valence-electron chi connectivity index (χ0n) is 13.5. The quantitative estimate of drug-likeness (QED) is 0.731. The van der Waals surface area contributed by atoms with Gasteiger partial charge in [0.15, 0.2) is 0 Å². The number of alkyl halides is 3. The van der Waals surface area contributed by atoms with Gasteiger partial charge in [0.1, 0.15) is 0 Å². The molecule has 0 spiro atoms. The van der Waals surface area contributed by atoms with Crippen LogP contribution in [0.4, 0.5) is 23.7 Å². The SMILES string of the molecule is Cc1cccc2c1CN(C(=O)Nc1ccc(Cl)c(C(F)(F)F)c1)CC2. The lowest BCUT2D eigenvalue weighted by Gasteiger charge is -2.30. The first-order valence-electron chi connectivity index (χ1n) is 7.76. The van der Waals surface area contributed by atoms with Crippen molar-refractivity contribution in [2.75, 3.05) is 11.9 Å². The highest BCUT2D eigenvalue weighted by atomic mass is 35.5. The van der Waals surface area contributed by atoms with E-state index in [1.54, 1.807) is 4.90 Å². The molecule has 0 saturated carbocycles. The van der Waals surface area contributed by atoms with Crippen LogP contribution in [0, 0.1) is 6.92 Å². The second kappa shape index (κ2) is 6.59. The monoisotopic (exact) mass is 368 g/mol. The third kappa shape index (κ3) is 3.74. The maximum Gasteiger partial charge on any atom is 0.417 e. The van der Waals surface area contributed by atoms with Gasteiger partial charge in [0, 0.05) is 18.8 Å². The molecule has 1 N–H and O–H groups in total. The van der Waals surface area contributed by atoms with Gasteiger partial charge in [-0.25, -0.2) is 4.79 Å². The molecule has 0 saturated heterocycles. The first-order chi connectivity index (χ1) is 11.8. The molecule has 0 bridgehead atoms. The van der Waals surface area contributed by atoms with Crippen LogP contribution < -0.4 is 5.32 Å². The fraction of sp³-hybridized carbons (Fsp3) is 0.278. The standard InChI is InChI=1S/C18H16ClF3N2O/c1-11-3-2-4-12-7-8-24(10-14(11)12)17(25)23-13-5-6-16(19)15(9-13)18(20,21)22/h2-6,9H,7-8,10H2,1H3,(H,23,25). The van der Waals surface area contributed by atoms with Crippen molar-refractivity contribution in [3.05, 3.63) is 63.7 Å². The number of urea groups is 1. The van der Waals surface area contributed by atoms with Gasteiger partial charge in [-0.15, -0.1) is 0 Å². The summed E-state index contributed by atoms with van der Waals surface area (Å²) in [5, 5.41) is 2.13. The molecule has 3 nitrogen and oxygen atoms in total. The third-order valence-electron chi connectivity index (χ3n) is 4.32. The van der Waals surface area contributed by atoms with Gasteiger partial charge in [-0.05, 0) is 48.2 Å². The minimum absolute atomic E-state index is 0.0669. The number of hydrogen-bond acceptors (Lipinski definition) is 1. The summed E-state index contributed by atoms with van der Waals surface area (Å²) in [5.74, 6) is 0. The molecular formula is C18H16ClF3N2O. The number of anilines is 1. The molecule has 1 aliphatic heterocycles. The van der Waals surface area contributed by atoms with Crippen molar-refractivity contribution >= 4 is 23.3 Å². The highest BCUT2D eigenvalue weighted by Gasteiger charge is 2.33. The molecular weight excluding hydrogens is 353 g/mol. The summed E-state index contributed by atoms with van der Waals surface area (Å²) < 4.78 is 38.8. The number of carbonyl (C=O) groups is 1. The molecule has 2 aromatic carbocycles. The Balaban J connectivity index is 1.77. The second-order valence-corrected chi connectivity index (χ2v) is 6.41. The topological polar surface area (TPSA) is 32.3 Å². The maximum atomic E-state index is 12.9. The van der Waals surface area contributed by atoms with Gasteiger partial charge >= 0.3 is 12.2 Å². The van der Waals surface area contributed by atoms with Gasteiger partial charge in [-0.2, -0.15) is 13.2 Å². The molecule has 0 aliphatic carbocycles. The van der Waals surface area contributed by atoms with Gasteiger partial charge < -0.3 is 10.2 Å². The Morgan fingerprint density at radius 3 is 2.72 bits per heavy atom. The predicted octanol–water partition coefficient (Wildman–Crippen LogP) is 5.26. The minimum atomic E-state index is -4.57. The summed E-state index contributed by atoms with van der Waals surface area (Å²) in [6.45, 7) is 2.94. The number of rotatable bonds is 1. The van der Waals surface area contributed by atoms with Crippen LogP contribution >= 0.6 is 11.6 Å². The van der Waals surface area contributed by atoms with E-state index in [0.717, 1.165) is 29.7 Å². The van der Waals surface area contributed by atoms with Gasteiger partial charge in [0.25, 0.3) is 0 Å². The Bertz CT molecular complexity index is 820. The fourth-order valence-electron chi connectivity index (χ4n) is 2.94. The average molecular weight is 369 g/mol. The lowest BCUT2D eigenvalue weighted by atomic mass is 9.96. The smallest absolute Gasteiger partial charge is 0.320 e. The summed E-state index contributed by atoms with van der Waals surface area (Å²) in [5.41, 5.74) is 2.50. The van der Waals surface area contributed by atoms with Gasteiger partial charge in [-0.3, -0.25) is 0 Å². The summed E-state index contributed by atoms with van der Waals surface area (Å²) in [4.78, 5) is 14.0. The highest BCUT2D eigenvalue weighted by Crippen LogP contribution is 2.36. The van der Waals surface area contributed by atoms with Crippen molar-refractivity contribution < 1.29 is 18.0 Å². The molecule has 132 valence electrons. The first-order valence-corrected chi connectivity index (χ1v) is 8.13. The molecule has 0 radical (unpaired) electrons. The van der Waals surface area contributed by atoms with Crippen LogP contribution in [0.15, 0.2) is 36.4 Å². The van der Waals surface area contributed by atoms with E-state index >= 15 is 0 Å². The van der Waals surface area contributed by atoms with Crippen LogP contribution in [0.25, 0.3) is 0 Å². The molecule has 0 unspecified atom stereocenters. The van der Waals surface area contributed by atoms with E-state index in [1.807, 2.05) is 25.1 Å². The Labute approximate surface area is 148 Å². The van der Waals surface area contributed by atoms with Crippen LogP contribution in [0.5, 0.6) is 0 Å². The van der Waals surface area contributed by atoms with Crippen LogP contribution in [0.1, 0.15) is 22.3 Å². The first kappa shape index (κ1) is 17.6. The number of hydrogen-bond donors (Lipinski definition) is 1. The number of nitrogens with zero attached hydrogens (tertiary/aromatic N) is 1. The van der Waals surface area contributed by atoms with E-state index in [4.69, 9.17) is 11.6 Å². The molecule has 2 aromatic rings. The van der Waals surface area contributed by atoms with E-state index < -0.39 is 22.8 Å². The molecule has 1 heterocycles. The highest BCUT2D eigenvalue weighted by molar-refractivity contribution is 6.31. The van der Waals surface area contributed by atoms with Crippen LogP contribution in [0.3, 0.4) is 0 Å². The van der Waals surface area contributed by atoms with Crippen molar-refractivity contribution in [3.63, 3.8) is 0 Å². The molecule has 0 fully saturated rings. The van der Waals surface area contributed by atoms with E-state index in [-0.39, 0.29) is 5.69 Å². The maximum absolute atomic E-state index is 12.9. The minimum Gasteiger partial charge on any atom is -0.320 e. The zero-order chi connectivity index (χ0) is 18.2. The van der Waals surface area contributed by atoms with Crippen molar-refractivity contribution in [1.82, 2.24) is 4.90 Å². The summed E-state index contributed by atoms with van der Waals surface area (Å²) in [6, 6.07) is 8.92. The Hall–Kier alpha value is -2.21. The number of halogens is 4. The molecule has 7 heteroatoms. The van der Waals surface area contributed by atoms with Crippen molar-refractivity contribution in [3.8, 4) is 0 Å². The molecule has 1 aliphatic rings. The number of amides is 2. The van der Waals surface area contributed by atoms with Crippen molar-refractivity contribution in [2.24, 2.45) is 0 Å². The summed E-state index contributed by atoms with van der Waals surface area (Å²) in [6.07, 6.45) is -3.85. The average Bonchev–Trinajstić information content (AvgIpc) is 2.55. The van der Waals surface area contributed by atoms with E-state index in [2.05, 4.69) is 5.32 Å². The third-order valence-corrected chi connectivity index (χ3v) is 4.65. The van der Waals surface area contributed by atoms with Crippen molar-refractivity contribution in [2.45, 2.75) is 26.1 Å². The summed E-state index contributed by atoms with van der Waals surface area (Å²) >= 11 is 5.60. The van der Waals surface area contributed by atoms with Crippen LogP contribution in [0.2, 0.25) is 5.02 Å². The zero-order valence-corrected chi connectivity index (χ0v) is 14.2. The lowest BCUT2D eigenvalue weighted by Crippen LogP contribution is -2.39. The van der Waals surface area contributed by atoms with Crippen molar-refractivity contribution in [1.29, 1.82) is 0 Å². The number of aryl methyl sites for hydroxylation is 1. The van der Waals surface area contributed by atoms with E-state index in [9.17, 15) is 18.0 Å². The molecule has 25 heavy (non-hydrogen) atoms. The fourth-order valence-corrected chi connectivity index (χ4v) is 3.17. The molecule has 3 rings (SSSR count). The van der Waals surface area contributed by atoms with E-state index in [0.29, 0.717) is 13.1 Å². The largest absolute Gasteiger partial charge is 0.417 e. The normalized spacial score (nSPS) is 14.2. The Morgan fingerprint density at radius 2 is 2.00 bits per heavy atom. The van der Waals surface area contributed by atoms with Gasteiger partial charge in [0.2, 0.25) is 0 Å². The molecule has 0 atom stereocenters. The molecule has 2 amide bonds. The Kier molecular flexibility index (Phi) is 4.64. The number of benzene rings is 2. The second-order valence-electron chi connectivity index (χ2n) is 6.01. The van der Waals surface area contributed by atoms with E-state index in [1.165, 1.54) is 11.6 Å². The van der Waals surface area contributed by atoms with Crippen LogP contribution in [-0.4, -0.2) is 17.5 Å². The van der Waals surface area contributed by atoms with Gasteiger partial charge in [0.05, 0.1) is 10.6 Å². The van der Waals surface area contributed by atoms with Crippen LogP contribution in [-0.2, 0) is 19.1 Å². The predicted molar refractivity (Wildman–Crippen MR) is 90.8 cm³/mol. The number of nitrogens with one attached hydrogen (secondary N) is 1. The number of fused-ring (bicyclic) bond motifs is 1. The molecule has 0 aromatic heterocycles. The Morgan fingerprint density at radius 1 is 1.24 bits per heavy atom. The number of carbonyl (C=O) groups excluding carboxylic acids is 1. The lowest BCUT2D eigenvalue weighted by molar-refractivity contribution is -0.137. The van der Waals surface area contributed by atoms with Gasteiger partial charge in [-0.1, -0.05) is 29.8 Å². The summed E-state index contributed by atoms with van der Waals surface area (Å²) in [7, 11) is 0.